The summed E-state index contributed by atoms with van der Waals surface area (Å²) >= 11 is 0. The number of benzene rings is 1. The van der Waals surface area contributed by atoms with Crippen molar-refractivity contribution in [2.45, 2.75) is 63.6 Å². The number of nitrogens with zero attached hydrogens (tertiary/aromatic N) is 2. The molecular formula is C23H30N2O4. The number of rotatable bonds is 5. The Morgan fingerprint density at radius 3 is 2.52 bits per heavy atom. The molecule has 0 spiro atoms. The van der Waals surface area contributed by atoms with Crippen LogP contribution in [-0.4, -0.2) is 59.7 Å². The molecule has 0 aromatic heterocycles. The maximum Gasteiger partial charge on any atom is 0.321 e. The summed E-state index contributed by atoms with van der Waals surface area (Å²) in [7, 11) is 1.32. The summed E-state index contributed by atoms with van der Waals surface area (Å²) in [6, 6.07) is 9.96. The van der Waals surface area contributed by atoms with Crippen LogP contribution >= 0.6 is 0 Å². The Morgan fingerprint density at radius 2 is 1.83 bits per heavy atom. The summed E-state index contributed by atoms with van der Waals surface area (Å²) in [5.41, 5.74) is -0.231. The lowest BCUT2D eigenvalue weighted by Crippen LogP contribution is -2.61. The highest BCUT2D eigenvalue weighted by Gasteiger charge is 2.62. The third-order valence-corrected chi connectivity index (χ3v) is 7.03. The molecule has 156 valence electrons. The number of ether oxygens (including phenoxy) is 1. The van der Waals surface area contributed by atoms with E-state index in [9.17, 15) is 14.4 Å². The van der Waals surface area contributed by atoms with Gasteiger partial charge in [0, 0.05) is 38.1 Å². The normalized spacial score (nSPS) is 29.7. The highest BCUT2D eigenvalue weighted by molar-refractivity contribution is 6.08. The fraction of sp³-hybridized carbons (Fsp3) is 0.609. The molecule has 6 heteroatoms. The molecule has 4 rings (SSSR count). The number of esters is 1. The van der Waals surface area contributed by atoms with Crippen molar-refractivity contribution in [1.29, 1.82) is 0 Å². The number of hydrogen-bond donors (Lipinski definition) is 0. The van der Waals surface area contributed by atoms with E-state index in [1.165, 1.54) is 7.11 Å². The molecule has 3 unspecified atom stereocenters. The van der Waals surface area contributed by atoms with E-state index in [0.717, 1.165) is 37.7 Å². The van der Waals surface area contributed by atoms with Crippen molar-refractivity contribution >= 4 is 17.7 Å². The monoisotopic (exact) mass is 398 g/mol. The Kier molecular flexibility index (Phi) is 5.72. The molecule has 3 saturated heterocycles. The van der Waals surface area contributed by atoms with E-state index in [-0.39, 0.29) is 30.2 Å². The van der Waals surface area contributed by atoms with Gasteiger partial charge >= 0.3 is 5.97 Å². The van der Waals surface area contributed by atoms with Gasteiger partial charge in [0.2, 0.25) is 5.91 Å². The van der Waals surface area contributed by atoms with Gasteiger partial charge in [-0.2, -0.15) is 0 Å². The minimum Gasteiger partial charge on any atom is -0.468 e. The van der Waals surface area contributed by atoms with Crippen molar-refractivity contribution < 1.29 is 19.1 Å². The van der Waals surface area contributed by atoms with Crippen LogP contribution in [0, 0.1) is 5.41 Å². The first-order valence-electron chi connectivity index (χ1n) is 10.8. The first kappa shape index (κ1) is 20.1. The highest BCUT2D eigenvalue weighted by Crippen LogP contribution is 2.48. The molecule has 0 radical (unpaired) electrons. The molecule has 2 bridgehead atoms. The van der Waals surface area contributed by atoms with Gasteiger partial charge in [0.05, 0.1) is 13.5 Å². The summed E-state index contributed by atoms with van der Waals surface area (Å²) < 4.78 is 5.14. The molecule has 3 heterocycles. The largest absolute Gasteiger partial charge is 0.468 e. The smallest absolute Gasteiger partial charge is 0.321 e. The lowest BCUT2D eigenvalue weighted by molar-refractivity contribution is -0.171. The third-order valence-electron chi connectivity index (χ3n) is 7.03. The van der Waals surface area contributed by atoms with Gasteiger partial charge in [0.1, 0.15) is 0 Å². The fourth-order valence-electron chi connectivity index (χ4n) is 5.51. The molecule has 3 atom stereocenters. The first-order valence-corrected chi connectivity index (χ1v) is 10.8. The van der Waals surface area contributed by atoms with Gasteiger partial charge in [0.25, 0.3) is 0 Å². The van der Waals surface area contributed by atoms with E-state index in [1.807, 2.05) is 23.1 Å². The predicted molar refractivity (Wildman–Crippen MR) is 108 cm³/mol. The molecule has 1 amide bonds. The van der Waals surface area contributed by atoms with Gasteiger partial charge in [-0.25, -0.2) is 0 Å². The van der Waals surface area contributed by atoms with Crippen LogP contribution in [0.4, 0.5) is 0 Å². The molecule has 3 aliphatic rings. The molecule has 0 aliphatic carbocycles. The molecular weight excluding hydrogens is 368 g/mol. The van der Waals surface area contributed by atoms with Crippen molar-refractivity contribution in [3.63, 3.8) is 0 Å². The quantitative estimate of drug-likeness (QED) is 0.563. The van der Waals surface area contributed by atoms with Crippen LogP contribution in [0.1, 0.15) is 50.5 Å². The number of carbonyl (C=O) groups is 3. The topological polar surface area (TPSA) is 66.9 Å². The van der Waals surface area contributed by atoms with Crippen molar-refractivity contribution in [3.8, 4) is 0 Å². The van der Waals surface area contributed by atoms with Crippen molar-refractivity contribution in [3.05, 3.63) is 35.9 Å². The zero-order valence-electron chi connectivity index (χ0n) is 17.1. The maximum absolute atomic E-state index is 13.3. The lowest BCUT2D eigenvalue weighted by atomic mass is 9.69. The highest BCUT2D eigenvalue weighted by atomic mass is 16.5. The van der Waals surface area contributed by atoms with Gasteiger partial charge < -0.3 is 9.64 Å². The summed E-state index contributed by atoms with van der Waals surface area (Å²) in [4.78, 5) is 43.6. The first-order chi connectivity index (χ1) is 14.1. The molecule has 3 aliphatic heterocycles. The molecule has 0 N–H and O–H groups in total. The number of piperidine rings is 2. The second-order valence-corrected chi connectivity index (χ2v) is 8.61. The van der Waals surface area contributed by atoms with Crippen LogP contribution < -0.4 is 0 Å². The van der Waals surface area contributed by atoms with E-state index in [4.69, 9.17) is 4.74 Å². The zero-order valence-corrected chi connectivity index (χ0v) is 17.1. The van der Waals surface area contributed by atoms with Crippen molar-refractivity contribution in [2.24, 2.45) is 5.41 Å². The zero-order chi connectivity index (χ0) is 20.4. The average Bonchev–Trinajstić information content (AvgIpc) is 3.07. The van der Waals surface area contributed by atoms with E-state index in [1.54, 1.807) is 0 Å². The number of Topliss-reactive ketones (excluding diaryl/α,β-unsaturated/α-hetero) is 1. The summed E-state index contributed by atoms with van der Waals surface area (Å²) in [5, 5.41) is 0. The van der Waals surface area contributed by atoms with E-state index in [0.29, 0.717) is 26.1 Å². The Hall–Kier alpha value is -2.21. The Labute approximate surface area is 172 Å². The number of likely N-dealkylation sites (tertiary alicyclic amines) is 1. The van der Waals surface area contributed by atoms with Gasteiger partial charge in [0.15, 0.2) is 11.2 Å². The number of amides is 1. The van der Waals surface area contributed by atoms with Crippen LogP contribution in [0.15, 0.2) is 30.3 Å². The van der Waals surface area contributed by atoms with Crippen LogP contribution in [-0.2, 0) is 25.7 Å². The molecule has 29 heavy (non-hydrogen) atoms. The van der Waals surface area contributed by atoms with Gasteiger partial charge in [-0.3, -0.25) is 19.3 Å². The molecule has 1 aromatic carbocycles. The van der Waals surface area contributed by atoms with Gasteiger partial charge in [-0.05, 0) is 37.7 Å². The van der Waals surface area contributed by atoms with Gasteiger partial charge in [-0.1, -0.05) is 30.3 Å². The Bertz CT molecular complexity index is 774. The van der Waals surface area contributed by atoms with E-state index >= 15 is 0 Å². The van der Waals surface area contributed by atoms with Crippen molar-refractivity contribution in [2.75, 3.05) is 20.2 Å². The molecule has 6 nitrogen and oxygen atoms in total. The predicted octanol–water partition coefficient (Wildman–Crippen LogP) is 2.55. The van der Waals surface area contributed by atoms with Gasteiger partial charge in [-0.15, -0.1) is 0 Å². The summed E-state index contributed by atoms with van der Waals surface area (Å²) in [6.45, 7) is 2.11. The second-order valence-electron chi connectivity index (χ2n) is 8.61. The standard InChI is InChI=1S/C23H30N2O4/c1-29-22(28)23(15-21(27)24-12-6-3-7-13-24)19-11-10-18(14-20(23)26)25(19)16-17-8-4-2-5-9-17/h2,4-5,8-9,18-19H,3,6-7,10-16H2,1H3. The SMILES string of the molecule is COC(=O)C1(CC(=O)N2CCCCC2)C(=O)CC2CCC1N2Cc1ccccc1. The number of fused-ring (bicyclic) bond motifs is 2. The molecule has 3 fully saturated rings. The molecule has 1 aromatic rings. The fourth-order valence-corrected chi connectivity index (χ4v) is 5.51. The maximum atomic E-state index is 13.3. The van der Waals surface area contributed by atoms with E-state index in [2.05, 4.69) is 17.0 Å². The summed E-state index contributed by atoms with van der Waals surface area (Å²) in [6.07, 6.45) is 4.95. The lowest BCUT2D eigenvalue weighted by Gasteiger charge is -2.46. The number of ketones is 1. The number of hydrogen-bond acceptors (Lipinski definition) is 5. The van der Waals surface area contributed by atoms with Crippen LogP contribution in [0.5, 0.6) is 0 Å². The summed E-state index contributed by atoms with van der Waals surface area (Å²) in [5.74, 6) is -0.753. The Morgan fingerprint density at radius 1 is 1.10 bits per heavy atom. The van der Waals surface area contributed by atoms with Crippen molar-refractivity contribution in [1.82, 2.24) is 9.80 Å². The minimum absolute atomic E-state index is 0.0683. The van der Waals surface area contributed by atoms with Crippen LogP contribution in [0.3, 0.4) is 0 Å². The van der Waals surface area contributed by atoms with E-state index < -0.39 is 11.4 Å². The third kappa shape index (κ3) is 3.59. The number of carbonyl (C=O) groups excluding carboxylic acids is 3. The number of methoxy groups -OCH3 is 1. The average molecular weight is 399 g/mol. The Balaban J connectivity index is 1.64. The minimum atomic E-state index is -1.38. The molecule has 0 saturated carbocycles. The van der Waals surface area contributed by atoms with Crippen LogP contribution in [0.2, 0.25) is 0 Å². The second kappa shape index (κ2) is 8.27. The van der Waals surface area contributed by atoms with Crippen LogP contribution in [0.25, 0.3) is 0 Å².